The van der Waals surface area contributed by atoms with Gasteiger partial charge < -0.3 is 9.73 Å². The highest BCUT2D eigenvalue weighted by Crippen LogP contribution is 2.28. The number of non-ortho nitro benzene ring substituents is 1. The van der Waals surface area contributed by atoms with Crippen LogP contribution in [0.15, 0.2) is 65.1 Å². The second-order valence-electron chi connectivity index (χ2n) is 7.96. The zero-order valence-corrected chi connectivity index (χ0v) is 20.4. The van der Waals surface area contributed by atoms with Crippen molar-refractivity contribution >= 4 is 57.3 Å². The molecule has 35 heavy (non-hydrogen) atoms. The summed E-state index contributed by atoms with van der Waals surface area (Å²) in [5, 5.41) is 16.4. The van der Waals surface area contributed by atoms with Crippen LogP contribution in [0.25, 0.3) is 22.6 Å². The molecule has 0 spiro atoms. The maximum Gasteiger partial charge on any atom is 0.270 e. The van der Waals surface area contributed by atoms with Crippen LogP contribution in [0.3, 0.4) is 0 Å². The van der Waals surface area contributed by atoms with E-state index in [-0.39, 0.29) is 21.4 Å². The van der Waals surface area contributed by atoms with Gasteiger partial charge in [-0.05, 0) is 72.6 Å². The van der Waals surface area contributed by atoms with Crippen molar-refractivity contribution in [2.75, 3.05) is 5.32 Å². The van der Waals surface area contributed by atoms with E-state index in [1.165, 1.54) is 17.7 Å². The van der Waals surface area contributed by atoms with Crippen molar-refractivity contribution in [1.82, 2.24) is 10.3 Å². The monoisotopic (exact) mass is 508 g/mol. The highest BCUT2D eigenvalue weighted by molar-refractivity contribution is 7.80. The third-order valence-corrected chi connectivity index (χ3v) is 6.15. The first-order chi connectivity index (χ1) is 16.7. The molecule has 0 saturated heterocycles. The predicted octanol–water partition coefficient (Wildman–Crippen LogP) is 6.70. The Bertz CT molecular complexity index is 1440. The highest BCUT2D eigenvalue weighted by Gasteiger charge is 2.17. The second kappa shape index (κ2) is 10.2. The third kappa shape index (κ3) is 5.47. The standard InChI is InChI=1S/C25H21ClN4O4S/c1-3-14(2)16-6-11-22-21(12-16)28-24(34-22)15-4-7-17(8-5-15)27-25(35)29-23(31)19-13-18(30(32)33)9-10-20(19)26/h4-14H,3H2,1-2H3,(H2,27,29,31,35)/t14-/m0/s1. The van der Waals surface area contributed by atoms with Gasteiger partial charge in [0.2, 0.25) is 5.89 Å². The van der Waals surface area contributed by atoms with Gasteiger partial charge in [0.05, 0.1) is 15.5 Å². The average molecular weight is 509 g/mol. The Morgan fingerprint density at radius 3 is 2.60 bits per heavy atom. The van der Waals surface area contributed by atoms with E-state index in [4.69, 9.17) is 28.2 Å². The largest absolute Gasteiger partial charge is 0.436 e. The SMILES string of the molecule is CC[C@H](C)c1ccc2oc(-c3ccc(NC(=S)NC(=O)c4cc([N+](=O)[O-])ccc4Cl)cc3)nc2c1. The molecule has 3 aromatic carbocycles. The molecule has 1 atom stereocenters. The minimum atomic E-state index is -0.656. The summed E-state index contributed by atoms with van der Waals surface area (Å²) in [7, 11) is 0. The van der Waals surface area contributed by atoms with Crippen molar-refractivity contribution in [3.8, 4) is 11.5 Å². The van der Waals surface area contributed by atoms with Crippen LogP contribution in [-0.2, 0) is 0 Å². The number of nitrogens with one attached hydrogen (secondary N) is 2. The molecule has 0 bridgehead atoms. The van der Waals surface area contributed by atoms with Gasteiger partial charge in [-0.25, -0.2) is 4.98 Å². The van der Waals surface area contributed by atoms with Gasteiger partial charge in [-0.15, -0.1) is 0 Å². The van der Waals surface area contributed by atoms with E-state index >= 15 is 0 Å². The molecule has 10 heteroatoms. The van der Waals surface area contributed by atoms with Crippen LogP contribution in [-0.4, -0.2) is 20.9 Å². The molecular weight excluding hydrogens is 488 g/mol. The van der Waals surface area contributed by atoms with E-state index in [9.17, 15) is 14.9 Å². The lowest BCUT2D eigenvalue weighted by Gasteiger charge is -2.10. The molecule has 178 valence electrons. The number of carbonyl (C=O) groups is 1. The molecule has 4 aromatic rings. The number of hydrogen-bond donors (Lipinski definition) is 2. The van der Waals surface area contributed by atoms with Gasteiger partial charge in [-0.2, -0.15) is 0 Å². The van der Waals surface area contributed by atoms with E-state index < -0.39 is 10.8 Å². The fourth-order valence-electron chi connectivity index (χ4n) is 3.44. The quantitative estimate of drug-likeness (QED) is 0.169. The maximum absolute atomic E-state index is 12.5. The Morgan fingerprint density at radius 1 is 1.17 bits per heavy atom. The van der Waals surface area contributed by atoms with Gasteiger partial charge in [0.1, 0.15) is 5.52 Å². The fourth-order valence-corrected chi connectivity index (χ4v) is 3.85. The van der Waals surface area contributed by atoms with Gasteiger partial charge in [0, 0.05) is 23.4 Å². The van der Waals surface area contributed by atoms with Crippen LogP contribution in [0.1, 0.15) is 42.1 Å². The number of fused-ring (bicyclic) bond motifs is 1. The van der Waals surface area contributed by atoms with Crippen molar-refractivity contribution in [3.05, 3.63) is 86.9 Å². The first kappa shape index (κ1) is 24.3. The van der Waals surface area contributed by atoms with Crippen LogP contribution >= 0.6 is 23.8 Å². The second-order valence-corrected chi connectivity index (χ2v) is 8.78. The molecule has 0 saturated carbocycles. The minimum Gasteiger partial charge on any atom is -0.436 e. The fraction of sp³-hybridized carbons (Fsp3) is 0.160. The highest BCUT2D eigenvalue weighted by atomic mass is 35.5. The molecule has 1 amide bonds. The number of nitro benzene ring substituents is 1. The summed E-state index contributed by atoms with van der Waals surface area (Å²) in [5.41, 5.74) is 3.87. The molecule has 0 fully saturated rings. The van der Waals surface area contributed by atoms with Crippen molar-refractivity contribution in [2.45, 2.75) is 26.2 Å². The molecule has 0 aliphatic carbocycles. The van der Waals surface area contributed by atoms with E-state index in [0.29, 0.717) is 17.5 Å². The number of carbonyl (C=O) groups excluding carboxylic acids is 1. The number of halogens is 1. The molecule has 0 aliphatic rings. The Balaban J connectivity index is 1.44. The molecule has 4 rings (SSSR count). The van der Waals surface area contributed by atoms with Crippen LogP contribution in [0.4, 0.5) is 11.4 Å². The number of anilines is 1. The normalized spacial score (nSPS) is 11.7. The first-order valence-corrected chi connectivity index (χ1v) is 11.6. The number of nitrogens with zero attached hydrogens (tertiary/aromatic N) is 2. The molecule has 0 aliphatic heterocycles. The summed E-state index contributed by atoms with van der Waals surface area (Å²) in [6.45, 7) is 4.33. The topological polar surface area (TPSA) is 110 Å². The lowest BCUT2D eigenvalue weighted by molar-refractivity contribution is -0.384. The smallest absolute Gasteiger partial charge is 0.270 e. The van der Waals surface area contributed by atoms with Crippen LogP contribution in [0, 0.1) is 10.1 Å². The van der Waals surface area contributed by atoms with E-state index in [1.807, 2.05) is 18.2 Å². The summed E-state index contributed by atoms with van der Waals surface area (Å²) in [5.74, 6) is 0.294. The minimum absolute atomic E-state index is 0.0183. The number of oxazole rings is 1. The zero-order chi connectivity index (χ0) is 25.1. The third-order valence-electron chi connectivity index (χ3n) is 5.62. The number of amides is 1. The van der Waals surface area contributed by atoms with Crippen LogP contribution in [0.5, 0.6) is 0 Å². The molecule has 1 heterocycles. The predicted molar refractivity (Wildman–Crippen MR) is 140 cm³/mol. The van der Waals surface area contributed by atoms with Gasteiger partial charge in [0.25, 0.3) is 11.6 Å². The van der Waals surface area contributed by atoms with Crippen molar-refractivity contribution in [1.29, 1.82) is 0 Å². The number of rotatable bonds is 6. The Kier molecular flexibility index (Phi) is 7.09. The van der Waals surface area contributed by atoms with Gasteiger partial charge >= 0.3 is 0 Å². The van der Waals surface area contributed by atoms with Crippen molar-refractivity contribution in [3.63, 3.8) is 0 Å². The van der Waals surface area contributed by atoms with Crippen molar-refractivity contribution < 1.29 is 14.1 Å². The molecule has 8 nitrogen and oxygen atoms in total. The average Bonchev–Trinajstić information content (AvgIpc) is 3.27. The van der Waals surface area contributed by atoms with Crippen molar-refractivity contribution in [2.24, 2.45) is 0 Å². The van der Waals surface area contributed by atoms with Crippen LogP contribution < -0.4 is 10.6 Å². The van der Waals surface area contributed by atoms with Gasteiger partial charge in [-0.1, -0.05) is 31.5 Å². The summed E-state index contributed by atoms with van der Waals surface area (Å²) in [6.07, 6.45) is 1.05. The number of hydrogen-bond acceptors (Lipinski definition) is 6. The first-order valence-electron chi connectivity index (χ1n) is 10.8. The van der Waals surface area contributed by atoms with E-state index in [2.05, 4.69) is 41.6 Å². The maximum atomic E-state index is 12.5. The summed E-state index contributed by atoms with van der Waals surface area (Å²) in [4.78, 5) is 27.5. The lowest BCUT2D eigenvalue weighted by atomic mass is 9.98. The number of benzene rings is 3. The lowest BCUT2D eigenvalue weighted by Crippen LogP contribution is -2.34. The molecular formula is C25H21ClN4O4S. The van der Waals surface area contributed by atoms with E-state index in [1.54, 1.807) is 12.1 Å². The Hall–Kier alpha value is -3.82. The Morgan fingerprint density at radius 2 is 1.91 bits per heavy atom. The molecule has 0 unspecified atom stereocenters. The van der Waals surface area contributed by atoms with Gasteiger partial charge in [-0.3, -0.25) is 20.2 Å². The summed E-state index contributed by atoms with van der Waals surface area (Å²) >= 11 is 11.2. The number of nitro groups is 1. The van der Waals surface area contributed by atoms with Gasteiger partial charge in [0.15, 0.2) is 10.7 Å². The van der Waals surface area contributed by atoms with Crippen LogP contribution in [0.2, 0.25) is 5.02 Å². The molecule has 1 aromatic heterocycles. The summed E-state index contributed by atoms with van der Waals surface area (Å²) < 4.78 is 5.91. The summed E-state index contributed by atoms with van der Waals surface area (Å²) in [6, 6.07) is 16.9. The molecule has 0 radical (unpaired) electrons. The molecule has 2 N–H and O–H groups in total. The Labute approximate surface area is 211 Å². The number of aromatic nitrogens is 1. The number of thiocarbonyl (C=S) groups is 1. The zero-order valence-electron chi connectivity index (χ0n) is 18.9. The van der Waals surface area contributed by atoms with E-state index in [0.717, 1.165) is 29.2 Å².